The molecule has 0 aromatic carbocycles. The molecule has 2 aromatic heterocycles. The van der Waals surface area contributed by atoms with Crippen LogP contribution >= 0.6 is 0 Å². The molecule has 0 amide bonds. The van der Waals surface area contributed by atoms with Gasteiger partial charge in [-0.15, -0.1) is 0 Å². The summed E-state index contributed by atoms with van der Waals surface area (Å²) < 4.78 is 5.46. The molecule has 1 aliphatic carbocycles. The lowest BCUT2D eigenvalue weighted by atomic mass is 10.3. The van der Waals surface area contributed by atoms with E-state index in [4.69, 9.17) is 4.42 Å². The smallest absolute Gasteiger partial charge is 0.144 e. The summed E-state index contributed by atoms with van der Waals surface area (Å²) in [6.07, 6.45) is 9.05. The SMILES string of the molecule is CCCNc1cnc(CN(Cc2ccco2)C2CC2)cn1. The van der Waals surface area contributed by atoms with E-state index in [0.29, 0.717) is 6.04 Å². The highest BCUT2D eigenvalue weighted by atomic mass is 16.3. The van der Waals surface area contributed by atoms with Crippen molar-refractivity contribution in [2.24, 2.45) is 0 Å². The Bertz CT molecular complexity index is 534. The maximum absolute atomic E-state index is 5.46. The molecule has 0 unspecified atom stereocenters. The number of hydrogen-bond donors (Lipinski definition) is 1. The standard InChI is InChI=1S/C16H22N4O/c1-2-7-17-16-10-18-13(9-19-16)11-20(14-5-6-14)12-15-4-3-8-21-15/h3-4,8-10,14H,2,5-7,11-12H2,1H3,(H,17,19). The number of aromatic nitrogens is 2. The van der Waals surface area contributed by atoms with Crippen molar-refractivity contribution in [2.75, 3.05) is 11.9 Å². The molecule has 0 radical (unpaired) electrons. The maximum atomic E-state index is 5.46. The first-order chi connectivity index (χ1) is 10.3. The van der Waals surface area contributed by atoms with E-state index in [-0.39, 0.29) is 0 Å². The Labute approximate surface area is 125 Å². The number of hydrogen-bond acceptors (Lipinski definition) is 5. The molecule has 0 bridgehead atoms. The fraction of sp³-hybridized carbons (Fsp3) is 0.500. The van der Waals surface area contributed by atoms with Crippen LogP contribution in [0.1, 0.15) is 37.6 Å². The van der Waals surface area contributed by atoms with E-state index >= 15 is 0 Å². The minimum Gasteiger partial charge on any atom is -0.468 e. The molecule has 1 saturated carbocycles. The predicted molar refractivity (Wildman–Crippen MR) is 81.8 cm³/mol. The third kappa shape index (κ3) is 4.04. The molecule has 1 aliphatic rings. The van der Waals surface area contributed by atoms with Crippen molar-refractivity contribution in [3.05, 3.63) is 42.2 Å². The first-order valence-electron chi connectivity index (χ1n) is 7.66. The molecule has 1 N–H and O–H groups in total. The maximum Gasteiger partial charge on any atom is 0.144 e. The normalized spacial score (nSPS) is 14.6. The number of nitrogens with one attached hydrogen (secondary N) is 1. The molecule has 0 atom stereocenters. The fourth-order valence-corrected chi connectivity index (χ4v) is 2.35. The molecule has 2 heterocycles. The Morgan fingerprint density at radius 2 is 2.19 bits per heavy atom. The van der Waals surface area contributed by atoms with Gasteiger partial charge in [0.05, 0.1) is 30.9 Å². The van der Waals surface area contributed by atoms with E-state index < -0.39 is 0 Å². The molecule has 5 nitrogen and oxygen atoms in total. The predicted octanol–water partition coefficient (Wildman–Crippen LogP) is 3.06. The molecular weight excluding hydrogens is 264 g/mol. The average Bonchev–Trinajstić information content (AvgIpc) is 3.24. The molecule has 0 saturated heterocycles. The Morgan fingerprint density at radius 1 is 1.29 bits per heavy atom. The summed E-state index contributed by atoms with van der Waals surface area (Å²) >= 11 is 0. The molecule has 21 heavy (non-hydrogen) atoms. The quantitative estimate of drug-likeness (QED) is 0.808. The van der Waals surface area contributed by atoms with Gasteiger partial charge in [-0.3, -0.25) is 9.88 Å². The Balaban J connectivity index is 1.60. The summed E-state index contributed by atoms with van der Waals surface area (Å²) in [7, 11) is 0. The zero-order valence-corrected chi connectivity index (χ0v) is 12.5. The topological polar surface area (TPSA) is 54.2 Å². The molecule has 3 rings (SSSR count). The van der Waals surface area contributed by atoms with Gasteiger partial charge >= 0.3 is 0 Å². The lowest BCUT2D eigenvalue weighted by Crippen LogP contribution is -2.25. The summed E-state index contributed by atoms with van der Waals surface area (Å²) in [5.41, 5.74) is 1.01. The summed E-state index contributed by atoms with van der Waals surface area (Å²) in [5.74, 6) is 1.86. The van der Waals surface area contributed by atoms with E-state index in [0.717, 1.165) is 43.3 Å². The summed E-state index contributed by atoms with van der Waals surface area (Å²) in [5, 5.41) is 3.24. The number of anilines is 1. The van der Waals surface area contributed by atoms with Crippen LogP contribution in [0.4, 0.5) is 5.82 Å². The van der Waals surface area contributed by atoms with Gasteiger partial charge in [0.1, 0.15) is 11.6 Å². The molecule has 0 aliphatic heterocycles. The third-order valence-electron chi connectivity index (χ3n) is 3.63. The molecule has 5 heteroatoms. The van der Waals surface area contributed by atoms with Crippen molar-refractivity contribution in [1.82, 2.24) is 14.9 Å². The van der Waals surface area contributed by atoms with Crippen molar-refractivity contribution in [1.29, 1.82) is 0 Å². The van der Waals surface area contributed by atoms with E-state index in [9.17, 15) is 0 Å². The molecule has 2 aromatic rings. The summed E-state index contributed by atoms with van der Waals surface area (Å²) in [6.45, 7) is 4.74. The zero-order valence-electron chi connectivity index (χ0n) is 12.5. The van der Waals surface area contributed by atoms with E-state index in [2.05, 4.69) is 27.1 Å². The molecule has 1 fully saturated rings. The lowest BCUT2D eigenvalue weighted by molar-refractivity contribution is 0.222. The minimum atomic E-state index is 0.662. The van der Waals surface area contributed by atoms with Crippen LogP contribution in [0.15, 0.2) is 35.2 Å². The van der Waals surface area contributed by atoms with E-state index in [1.54, 1.807) is 6.26 Å². The van der Waals surface area contributed by atoms with Crippen LogP contribution in [0.2, 0.25) is 0 Å². The van der Waals surface area contributed by atoms with Crippen LogP contribution < -0.4 is 5.32 Å². The fourth-order valence-electron chi connectivity index (χ4n) is 2.35. The van der Waals surface area contributed by atoms with Gasteiger partial charge in [0.15, 0.2) is 0 Å². The third-order valence-corrected chi connectivity index (χ3v) is 3.63. The summed E-state index contributed by atoms with van der Waals surface area (Å²) in [4.78, 5) is 11.4. The van der Waals surface area contributed by atoms with Crippen molar-refractivity contribution in [2.45, 2.75) is 45.3 Å². The number of furan rings is 1. The highest BCUT2D eigenvalue weighted by molar-refractivity contribution is 5.30. The molecule has 0 spiro atoms. The second kappa shape index (κ2) is 6.72. The van der Waals surface area contributed by atoms with Crippen molar-refractivity contribution in [3.8, 4) is 0 Å². The van der Waals surface area contributed by atoms with Crippen molar-refractivity contribution in [3.63, 3.8) is 0 Å². The van der Waals surface area contributed by atoms with Crippen molar-refractivity contribution >= 4 is 5.82 Å². The van der Waals surface area contributed by atoms with E-state index in [1.807, 2.05) is 24.5 Å². The van der Waals surface area contributed by atoms with Crippen LogP contribution in [-0.2, 0) is 13.1 Å². The van der Waals surface area contributed by atoms with Crippen LogP contribution in [0.25, 0.3) is 0 Å². The van der Waals surface area contributed by atoms with Gasteiger partial charge in [-0.1, -0.05) is 6.92 Å². The second-order valence-electron chi connectivity index (χ2n) is 5.54. The van der Waals surface area contributed by atoms with Crippen LogP contribution in [0.3, 0.4) is 0 Å². The van der Waals surface area contributed by atoms with Gasteiger partial charge in [-0.05, 0) is 31.4 Å². The van der Waals surface area contributed by atoms with Gasteiger partial charge in [0.2, 0.25) is 0 Å². The highest BCUT2D eigenvalue weighted by Crippen LogP contribution is 2.29. The van der Waals surface area contributed by atoms with Gasteiger partial charge < -0.3 is 9.73 Å². The Hall–Kier alpha value is -1.88. The first kappa shape index (κ1) is 14.1. The summed E-state index contributed by atoms with van der Waals surface area (Å²) in [6, 6.07) is 4.63. The highest BCUT2D eigenvalue weighted by Gasteiger charge is 2.29. The minimum absolute atomic E-state index is 0.662. The molecular formula is C16H22N4O. The van der Waals surface area contributed by atoms with Crippen LogP contribution in [0.5, 0.6) is 0 Å². The monoisotopic (exact) mass is 286 g/mol. The zero-order chi connectivity index (χ0) is 14.5. The van der Waals surface area contributed by atoms with Crippen molar-refractivity contribution < 1.29 is 4.42 Å². The van der Waals surface area contributed by atoms with Gasteiger partial charge in [0, 0.05) is 19.1 Å². The second-order valence-corrected chi connectivity index (χ2v) is 5.54. The molecule has 112 valence electrons. The van der Waals surface area contributed by atoms with E-state index in [1.165, 1.54) is 12.8 Å². The number of rotatable bonds is 8. The first-order valence-corrected chi connectivity index (χ1v) is 7.66. The number of nitrogens with zero attached hydrogens (tertiary/aromatic N) is 3. The lowest BCUT2D eigenvalue weighted by Gasteiger charge is -2.20. The average molecular weight is 286 g/mol. The van der Waals surface area contributed by atoms with Gasteiger partial charge in [0.25, 0.3) is 0 Å². The van der Waals surface area contributed by atoms with Crippen LogP contribution in [-0.4, -0.2) is 27.5 Å². The van der Waals surface area contributed by atoms with Gasteiger partial charge in [-0.25, -0.2) is 4.98 Å². The van der Waals surface area contributed by atoms with Gasteiger partial charge in [-0.2, -0.15) is 0 Å². The largest absolute Gasteiger partial charge is 0.468 e. The Kier molecular flexibility index (Phi) is 4.50. The van der Waals surface area contributed by atoms with Crippen LogP contribution in [0, 0.1) is 0 Å². The Morgan fingerprint density at radius 3 is 2.81 bits per heavy atom.